The van der Waals surface area contributed by atoms with Crippen molar-refractivity contribution in [3.05, 3.63) is 23.9 Å². The normalized spacial score (nSPS) is 13.1. The molecule has 0 aliphatic heterocycles. The first kappa shape index (κ1) is 9.27. The van der Waals surface area contributed by atoms with Crippen LogP contribution in [-0.4, -0.2) is 10.1 Å². The third-order valence-corrected chi connectivity index (χ3v) is 2.08. The molecule has 2 heterocycles. The molecule has 0 amide bonds. The first-order valence-electron chi connectivity index (χ1n) is 4.20. The molecule has 0 bridgehead atoms. The zero-order valence-electron chi connectivity index (χ0n) is 7.82. The van der Waals surface area contributed by atoms with Gasteiger partial charge in [-0.15, -0.1) is 11.6 Å². The van der Waals surface area contributed by atoms with E-state index in [1.54, 1.807) is 19.3 Å². The van der Waals surface area contributed by atoms with Crippen LogP contribution in [0.1, 0.15) is 23.9 Å². The summed E-state index contributed by atoms with van der Waals surface area (Å²) in [5.41, 5.74) is 0.807. The van der Waals surface area contributed by atoms with Gasteiger partial charge in [0.15, 0.2) is 5.82 Å². The highest BCUT2D eigenvalue weighted by molar-refractivity contribution is 6.20. The van der Waals surface area contributed by atoms with E-state index in [4.69, 9.17) is 20.5 Å². The van der Waals surface area contributed by atoms with Gasteiger partial charge >= 0.3 is 0 Å². The lowest BCUT2D eigenvalue weighted by atomic mass is 10.2. The van der Waals surface area contributed by atoms with Gasteiger partial charge in [0.1, 0.15) is 5.76 Å². The highest BCUT2D eigenvalue weighted by Crippen LogP contribution is 2.24. The molecule has 0 N–H and O–H groups in total. The van der Waals surface area contributed by atoms with Gasteiger partial charge in [-0.25, -0.2) is 0 Å². The number of halogens is 1. The molecule has 14 heavy (non-hydrogen) atoms. The lowest BCUT2D eigenvalue weighted by Gasteiger charge is -1.90. The van der Waals surface area contributed by atoms with Gasteiger partial charge in [-0.3, -0.25) is 0 Å². The molecular formula is C9H9ClN2O2. The van der Waals surface area contributed by atoms with Gasteiger partial charge in [-0.2, -0.15) is 4.98 Å². The predicted octanol–water partition coefficient (Wildman–Crippen LogP) is 2.94. The minimum atomic E-state index is -0.250. The van der Waals surface area contributed by atoms with Gasteiger partial charge < -0.3 is 8.94 Å². The second-order valence-electron chi connectivity index (χ2n) is 2.96. The second-order valence-corrected chi connectivity index (χ2v) is 3.62. The van der Waals surface area contributed by atoms with E-state index in [1.165, 1.54) is 0 Å². The smallest absolute Gasteiger partial charge is 0.261 e. The van der Waals surface area contributed by atoms with Crippen molar-refractivity contribution in [2.45, 2.75) is 19.2 Å². The SMILES string of the molecule is Cc1occc1-c1nc(C(C)Cl)no1. The van der Waals surface area contributed by atoms with Crippen molar-refractivity contribution in [2.24, 2.45) is 0 Å². The third-order valence-electron chi connectivity index (χ3n) is 1.89. The van der Waals surface area contributed by atoms with E-state index in [9.17, 15) is 0 Å². The second kappa shape index (κ2) is 3.46. The Kier molecular flexibility index (Phi) is 2.29. The standard InChI is InChI=1S/C9H9ClN2O2/c1-5(10)8-11-9(14-12-8)7-3-4-13-6(7)2/h3-5H,1-2H3. The number of aromatic nitrogens is 2. The Labute approximate surface area is 85.9 Å². The summed E-state index contributed by atoms with van der Waals surface area (Å²) in [5, 5.41) is 3.50. The number of hydrogen-bond acceptors (Lipinski definition) is 4. The summed E-state index contributed by atoms with van der Waals surface area (Å²) in [6, 6.07) is 1.78. The van der Waals surface area contributed by atoms with E-state index in [2.05, 4.69) is 10.1 Å². The molecule has 1 unspecified atom stereocenters. The Morgan fingerprint density at radius 2 is 2.29 bits per heavy atom. The highest BCUT2D eigenvalue weighted by atomic mass is 35.5. The van der Waals surface area contributed by atoms with E-state index in [-0.39, 0.29) is 5.38 Å². The molecule has 1 atom stereocenters. The van der Waals surface area contributed by atoms with E-state index in [1.807, 2.05) is 6.92 Å². The van der Waals surface area contributed by atoms with Crippen molar-refractivity contribution in [3.63, 3.8) is 0 Å². The topological polar surface area (TPSA) is 52.1 Å². The maximum absolute atomic E-state index is 5.81. The molecule has 0 aromatic carbocycles. The molecule has 5 heteroatoms. The quantitative estimate of drug-likeness (QED) is 0.719. The van der Waals surface area contributed by atoms with Gasteiger partial charge in [-0.05, 0) is 19.9 Å². The fraction of sp³-hybridized carbons (Fsp3) is 0.333. The lowest BCUT2D eigenvalue weighted by Crippen LogP contribution is -1.86. The molecule has 0 fully saturated rings. The van der Waals surface area contributed by atoms with Crippen molar-refractivity contribution in [1.82, 2.24) is 10.1 Å². The van der Waals surface area contributed by atoms with E-state index in [0.717, 1.165) is 11.3 Å². The van der Waals surface area contributed by atoms with E-state index in [0.29, 0.717) is 11.7 Å². The summed E-state index contributed by atoms with van der Waals surface area (Å²) in [4.78, 5) is 4.14. The zero-order chi connectivity index (χ0) is 10.1. The van der Waals surface area contributed by atoms with E-state index < -0.39 is 0 Å². The number of hydrogen-bond donors (Lipinski definition) is 0. The Hall–Kier alpha value is -1.29. The molecule has 0 aliphatic rings. The van der Waals surface area contributed by atoms with Crippen LogP contribution in [0.3, 0.4) is 0 Å². The Morgan fingerprint density at radius 3 is 2.79 bits per heavy atom. The molecule has 2 aromatic rings. The van der Waals surface area contributed by atoms with Crippen molar-refractivity contribution < 1.29 is 8.94 Å². The van der Waals surface area contributed by atoms with Crippen LogP contribution in [0, 0.1) is 6.92 Å². The van der Waals surface area contributed by atoms with Crippen LogP contribution in [0.15, 0.2) is 21.3 Å². The highest BCUT2D eigenvalue weighted by Gasteiger charge is 2.15. The van der Waals surface area contributed by atoms with Gasteiger partial charge in [-0.1, -0.05) is 5.16 Å². The number of rotatable bonds is 2. The van der Waals surface area contributed by atoms with Crippen LogP contribution in [-0.2, 0) is 0 Å². The first-order valence-corrected chi connectivity index (χ1v) is 4.64. The Balaban J connectivity index is 2.39. The van der Waals surface area contributed by atoms with Gasteiger partial charge in [0.05, 0.1) is 17.2 Å². The van der Waals surface area contributed by atoms with Crippen LogP contribution >= 0.6 is 11.6 Å². The van der Waals surface area contributed by atoms with Gasteiger partial charge in [0.2, 0.25) is 0 Å². The number of nitrogens with zero attached hydrogens (tertiary/aromatic N) is 2. The van der Waals surface area contributed by atoms with Gasteiger partial charge in [0, 0.05) is 0 Å². The summed E-state index contributed by atoms with van der Waals surface area (Å²) >= 11 is 5.81. The summed E-state index contributed by atoms with van der Waals surface area (Å²) in [5.74, 6) is 1.68. The van der Waals surface area contributed by atoms with Crippen LogP contribution in [0.4, 0.5) is 0 Å². The summed E-state index contributed by atoms with van der Waals surface area (Å²) in [6.07, 6.45) is 1.58. The zero-order valence-corrected chi connectivity index (χ0v) is 8.58. The maximum atomic E-state index is 5.81. The molecule has 2 rings (SSSR count). The average Bonchev–Trinajstić information content (AvgIpc) is 2.71. The molecule has 0 spiro atoms. The largest absolute Gasteiger partial charge is 0.469 e. The molecule has 0 saturated heterocycles. The molecule has 0 radical (unpaired) electrons. The average molecular weight is 213 g/mol. The van der Waals surface area contributed by atoms with Crippen molar-refractivity contribution >= 4 is 11.6 Å². The van der Waals surface area contributed by atoms with Crippen LogP contribution < -0.4 is 0 Å². The first-order chi connectivity index (χ1) is 6.68. The Bertz CT molecular complexity index is 433. The lowest BCUT2D eigenvalue weighted by molar-refractivity contribution is 0.421. The van der Waals surface area contributed by atoms with Crippen LogP contribution in [0.25, 0.3) is 11.5 Å². The summed E-state index contributed by atoms with van der Waals surface area (Å²) in [7, 11) is 0. The minimum absolute atomic E-state index is 0.250. The molecule has 4 nitrogen and oxygen atoms in total. The maximum Gasteiger partial charge on any atom is 0.261 e. The predicted molar refractivity (Wildman–Crippen MR) is 51.0 cm³/mol. The summed E-state index contributed by atoms with van der Waals surface area (Å²) < 4.78 is 10.2. The van der Waals surface area contributed by atoms with Crippen molar-refractivity contribution in [3.8, 4) is 11.5 Å². The van der Waals surface area contributed by atoms with Crippen molar-refractivity contribution in [2.75, 3.05) is 0 Å². The van der Waals surface area contributed by atoms with Crippen LogP contribution in [0.2, 0.25) is 0 Å². The third kappa shape index (κ3) is 1.53. The molecule has 2 aromatic heterocycles. The number of alkyl halides is 1. The minimum Gasteiger partial charge on any atom is -0.469 e. The van der Waals surface area contributed by atoms with Gasteiger partial charge in [0.25, 0.3) is 5.89 Å². The monoisotopic (exact) mass is 212 g/mol. The molecular weight excluding hydrogens is 204 g/mol. The number of furan rings is 1. The fourth-order valence-corrected chi connectivity index (χ4v) is 1.20. The Morgan fingerprint density at radius 1 is 1.50 bits per heavy atom. The summed E-state index contributed by atoms with van der Waals surface area (Å²) in [6.45, 7) is 3.63. The number of aryl methyl sites for hydroxylation is 1. The molecule has 0 aliphatic carbocycles. The van der Waals surface area contributed by atoms with Crippen LogP contribution in [0.5, 0.6) is 0 Å². The molecule has 74 valence electrons. The molecule has 0 saturated carbocycles. The van der Waals surface area contributed by atoms with E-state index >= 15 is 0 Å². The fourth-order valence-electron chi connectivity index (χ4n) is 1.11. The van der Waals surface area contributed by atoms with Crippen molar-refractivity contribution in [1.29, 1.82) is 0 Å².